The van der Waals surface area contributed by atoms with Crippen LogP contribution in [0.5, 0.6) is 11.5 Å². The molecule has 142 valence electrons. The number of fused-ring (bicyclic) bond motifs is 2. The molecule has 6 heteroatoms. The highest BCUT2D eigenvalue weighted by molar-refractivity contribution is 5.82. The number of ether oxygens (including phenoxy) is 1. The van der Waals surface area contributed by atoms with Gasteiger partial charge < -0.3 is 15.4 Å². The number of carbonyl (C=O) groups excluding carboxylic acids is 1. The van der Waals surface area contributed by atoms with Crippen LogP contribution < -0.4 is 15.4 Å². The van der Waals surface area contributed by atoms with E-state index >= 15 is 0 Å². The third kappa shape index (κ3) is 2.86. The molecule has 5 rings (SSSR count). The van der Waals surface area contributed by atoms with E-state index in [-0.39, 0.29) is 23.8 Å². The second-order valence-electron chi connectivity index (χ2n) is 7.44. The number of rotatable bonds is 3. The predicted molar refractivity (Wildman–Crippen MR) is 105 cm³/mol. The molecule has 3 heterocycles. The van der Waals surface area contributed by atoms with Crippen LogP contribution in [-0.4, -0.2) is 28.8 Å². The molecule has 1 aromatic heterocycles. The number of hydrogen-bond donors (Lipinski definition) is 2. The first kappa shape index (κ1) is 17.0. The number of nitrogens with one attached hydrogen (secondary N) is 2. The smallest absolute Gasteiger partial charge is 0.225 e. The molecule has 0 aliphatic carbocycles. The normalized spacial score (nSPS) is 20.9. The Morgan fingerprint density at radius 2 is 1.79 bits per heavy atom. The van der Waals surface area contributed by atoms with Crippen LogP contribution in [0.3, 0.4) is 0 Å². The minimum atomic E-state index is -0.219. The van der Waals surface area contributed by atoms with Crippen molar-refractivity contribution in [2.75, 3.05) is 13.1 Å². The number of hydrogen-bond acceptors (Lipinski definition) is 4. The molecule has 0 radical (unpaired) electrons. The maximum atomic E-state index is 13.3. The van der Waals surface area contributed by atoms with Crippen LogP contribution in [0.4, 0.5) is 0 Å². The van der Waals surface area contributed by atoms with Crippen LogP contribution in [0.2, 0.25) is 0 Å². The maximum Gasteiger partial charge on any atom is 0.225 e. The molecule has 3 aromatic rings. The Hall–Kier alpha value is -3.12. The summed E-state index contributed by atoms with van der Waals surface area (Å²) in [6.07, 6.45) is 3.86. The van der Waals surface area contributed by atoms with Crippen molar-refractivity contribution in [3.8, 4) is 11.5 Å². The van der Waals surface area contributed by atoms with Gasteiger partial charge in [0.1, 0.15) is 11.5 Å². The van der Waals surface area contributed by atoms with Gasteiger partial charge in [-0.25, -0.2) is 0 Å². The van der Waals surface area contributed by atoms with Crippen molar-refractivity contribution in [2.45, 2.75) is 12.0 Å². The molecule has 1 saturated heterocycles. The van der Waals surface area contributed by atoms with Gasteiger partial charge in [0.05, 0.1) is 18.2 Å². The molecule has 2 N–H and O–H groups in total. The lowest BCUT2D eigenvalue weighted by molar-refractivity contribution is -0.125. The standard InChI is InChI=1S/C22H22N4O2/c1-26-13-14(10-24-26)17-11-23-12-18(17)22(27)25-21-15-6-2-4-8-19(15)28-20-9-5-3-7-16(20)21/h2-10,13,17-18,21,23H,11-12H2,1H3,(H,25,27)/t17-,18+/m1/s1. The summed E-state index contributed by atoms with van der Waals surface area (Å²) < 4.78 is 7.82. The summed E-state index contributed by atoms with van der Waals surface area (Å²) >= 11 is 0. The molecule has 0 saturated carbocycles. The quantitative estimate of drug-likeness (QED) is 0.740. The van der Waals surface area contributed by atoms with Gasteiger partial charge in [0.2, 0.25) is 5.91 Å². The summed E-state index contributed by atoms with van der Waals surface area (Å²) in [6.45, 7) is 1.45. The van der Waals surface area contributed by atoms with Gasteiger partial charge in [0, 0.05) is 43.4 Å². The van der Waals surface area contributed by atoms with E-state index in [2.05, 4.69) is 15.7 Å². The van der Waals surface area contributed by atoms with Crippen LogP contribution in [0.1, 0.15) is 28.7 Å². The van der Waals surface area contributed by atoms with E-state index in [1.54, 1.807) is 4.68 Å². The third-order valence-corrected chi connectivity index (χ3v) is 5.67. The average molecular weight is 374 g/mol. The minimum Gasteiger partial charge on any atom is -0.457 e. The SMILES string of the molecule is Cn1cc([C@H]2CNC[C@@H]2C(=O)NC2c3ccccc3Oc3ccccc32)cn1. The molecular formula is C22H22N4O2. The lowest BCUT2D eigenvalue weighted by Crippen LogP contribution is -2.38. The fraction of sp³-hybridized carbons (Fsp3) is 0.273. The Morgan fingerprint density at radius 1 is 1.11 bits per heavy atom. The Kier molecular flexibility index (Phi) is 4.13. The molecule has 2 aliphatic rings. The topological polar surface area (TPSA) is 68.2 Å². The van der Waals surface area contributed by atoms with Crippen LogP contribution in [0, 0.1) is 5.92 Å². The number of carbonyl (C=O) groups is 1. The minimum absolute atomic E-state index is 0.0513. The van der Waals surface area contributed by atoms with E-state index in [1.807, 2.05) is 68.0 Å². The van der Waals surface area contributed by atoms with Crippen LogP contribution in [0.15, 0.2) is 60.9 Å². The fourth-order valence-electron chi connectivity index (χ4n) is 4.25. The number of nitrogens with zero attached hydrogens (tertiary/aromatic N) is 2. The van der Waals surface area contributed by atoms with Gasteiger partial charge in [0.25, 0.3) is 0 Å². The highest BCUT2D eigenvalue weighted by Gasteiger charge is 2.37. The number of aromatic nitrogens is 2. The van der Waals surface area contributed by atoms with Gasteiger partial charge in [-0.1, -0.05) is 36.4 Å². The van der Waals surface area contributed by atoms with E-state index in [0.717, 1.165) is 34.7 Å². The monoisotopic (exact) mass is 374 g/mol. The Labute approximate surface area is 163 Å². The number of aryl methyl sites for hydroxylation is 1. The maximum absolute atomic E-state index is 13.3. The summed E-state index contributed by atoms with van der Waals surface area (Å²) in [5.74, 6) is 1.63. The molecular weight excluding hydrogens is 352 g/mol. The van der Waals surface area contributed by atoms with E-state index in [1.165, 1.54) is 0 Å². The van der Waals surface area contributed by atoms with Crippen molar-refractivity contribution in [1.29, 1.82) is 0 Å². The Balaban J connectivity index is 1.45. The molecule has 0 bridgehead atoms. The van der Waals surface area contributed by atoms with Gasteiger partial charge in [-0.15, -0.1) is 0 Å². The van der Waals surface area contributed by atoms with Gasteiger partial charge in [-0.3, -0.25) is 9.48 Å². The zero-order chi connectivity index (χ0) is 19.1. The van der Waals surface area contributed by atoms with Crippen molar-refractivity contribution in [3.63, 3.8) is 0 Å². The first-order valence-electron chi connectivity index (χ1n) is 9.56. The van der Waals surface area contributed by atoms with Crippen molar-refractivity contribution >= 4 is 5.91 Å². The van der Waals surface area contributed by atoms with Crippen LogP contribution in [0.25, 0.3) is 0 Å². The average Bonchev–Trinajstić information content (AvgIpc) is 3.36. The molecule has 0 unspecified atom stereocenters. The summed E-state index contributed by atoms with van der Waals surface area (Å²) in [5, 5.41) is 10.9. The largest absolute Gasteiger partial charge is 0.457 e. The molecule has 0 spiro atoms. The lowest BCUT2D eigenvalue weighted by Gasteiger charge is -2.30. The summed E-state index contributed by atoms with van der Waals surface area (Å²) in [7, 11) is 1.90. The molecule has 2 aromatic carbocycles. The van der Waals surface area contributed by atoms with E-state index in [9.17, 15) is 4.79 Å². The Bertz CT molecular complexity index is 983. The van der Waals surface area contributed by atoms with Crippen LogP contribution in [-0.2, 0) is 11.8 Å². The highest BCUT2D eigenvalue weighted by Crippen LogP contribution is 2.42. The van der Waals surface area contributed by atoms with Crippen molar-refractivity contribution < 1.29 is 9.53 Å². The highest BCUT2D eigenvalue weighted by atomic mass is 16.5. The fourth-order valence-corrected chi connectivity index (χ4v) is 4.25. The van der Waals surface area contributed by atoms with Gasteiger partial charge in [0.15, 0.2) is 0 Å². The van der Waals surface area contributed by atoms with Crippen LogP contribution >= 0.6 is 0 Å². The first-order valence-corrected chi connectivity index (χ1v) is 9.56. The van der Waals surface area contributed by atoms with Crippen molar-refractivity contribution in [1.82, 2.24) is 20.4 Å². The zero-order valence-electron chi connectivity index (χ0n) is 15.6. The van der Waals surface area contributed by atoms with Gasteiger partial charge in [-0.05, 0) is 17.7 Å². The van der Waals surface area contributed by atoms with Crippen molar-refractivity contribution in [2.24, 2.45) is 13.0 Å². The van der Waals surface area contributed by atoms with E-state index < -0.39 is 0 Å². The summed E-state index contributed by atoms with van der Waals surface area (Å²) in [5.41, 5.74) is 3.07. The molecule has 28 heavy (non-hydrogen) atoms. The van der Waals surface area contributed by atoms with Crippen molar-refractivity contribution in [3.05, 3.63) is 77.6 Å². The molecule has 2 aliphatic heterocycles. The Morgan fingerprint density at radius 3 is 2.43 bits per heavy atom. The predicted octanol–water partition coefficient (Wildman–Crippen LogP) is 2.73. The summed E-state index contributed by atoms with van der Waals surface area (Å²) in [6, 6.07) is 15.6. The van der Waals surface area contributed by atoms with E-state index in [4.69, 9.17) is 4.74 Å². The zero-order valence-corrected chi connectivity index (χ0v) is 15.6. The summed E-state index contributed by atoms with van der Waals surface area (Å²) in [4.78, 5) is 13.3. The van der Waals surface area contributed by atoms with Gasteiger partial charge in [-0.2, -0.15) is 5.10 Å². The second-order valence-corrected chi connectivity index (χ2v) is 7.44. The lowest BCUT2D eigenvalue weighted by atomic mass is 9.88. The van der Waals surface area contributed by atoms with Gasteiger partial charge >= 0.3 is 0 Å². The molecule has 1 fully saturated rings. The second kappa shape index (κ2) is 6.80. The molecule has 1 amide bonds. The third-order valence-electron chi connectivity index (χ3n) is 5.67. The number of amides is 1. The number of para-hydroxylation sites is 2. The first-order chi connectivity index (χ1) is 13.7. The molecule has 2 atom stereocenters. The molecule has 6 nitrogen and oxygen atoms in total. The number of benzene rings is 2. The van der Waals surface area contributed by atoms with E-state index in [0.29, 0.717) is 6.54 Å².